The molecule has 1 aromatic heterocycles. The standard InChI is InChI=1S/C7H9N3S/c1-5-6(2)11-7(9-5)10(3)4-8/h1-3H3. The fourth-order valence-electron chi connectivity index (χ4n) is 0.642. The molecule has 1 rings (SSSR count). The highest BCUT2D eigenvalue weighted by atomic mass is 32.1. The van der Waals surface area contributed by atoms with Crippen molar-refractivity contribution in [2.45, 2.75) is 13.8 Å². The zero-order valence-corrected chi connectivity index (χ0v) is 7.57. The molecule has 0 fully saturated rings. The van der Waals surface area contributed by atoms with Crippen LogP contribution in [0.4, 0.5) is 5.13 Å². The second-order valence-electron chi connectivity index (χ2n) is 2.30. The Labute approximate surface area is 69.9 Å². The number of hydrogen-bond donors (Lipinski definition) is 0. The predicted octanol–water partition coefficient (Wildman–Crippen LogP) is 1.68. The Morgan fingerprint density at radius 1 is 1.55 bits per heavy atom. The van der Waals surface area contributed by atoms with Gasteiger partial charge < -0.3 is 0 Å². The number of anilines is 1. The minimum atomic E-state index is 0.766. The Bertz CT molecular complexity index is 278. The monoisotopic (exact) mass is 167 g/mol. The summed E-state index contributed by atoms with van der Waals surface area (Å²) < 4.78 is 0. The molecule has 0 unspecified atom stereocenters. The third-order valence-corrected chi connectivity index (χ3v) is 2.60. The number of thiazole rings is 1. The lowest BCUT2D eigenvalue weighted by Crippen LogP contribution is -2.06. The first-order valence-electron chi connectivity index (χ1n) is 3.22. The van der Waals surface area contributed by atoms with E-state index in [-0.39, 0.29) is 0 Å². The Morgan fingerprint density at radius 3 is 2.55 bits per heavy atom. The summed E-state index contributed by atoms with van der Waals surface area (Å²) in [6.45, 7) is 3.95. The van der Waals surface area contributed by atoms with E-state index in [0.717, 1.165) is 10.8 Å². The van der Waals surface area contributed by atoms with Crippen molar-refractivity contribution in [3.05, 3.63) is 10.6 Å². The van der Waals surface area contributed by atoms with Gasteiger partial charge in [-0.25, -0.2) is 4.98 Å². The Balaban J connectivity index is 2.99. The lowest BCUT2D eigenvalue weighted by Gasteiger charge is -2.00. The SMILES string of the molecule is Cc1nc(N(C)C#N)sc1C. The van der Waals surface area contributed by atoms with E-state index < -0.39 is 0 Å². The summed E-state index contributed by atoms with van der Waals surface area (Å²) in [5, 5.41) is 9.30. The molecule has 4 heteroatoms. The third kappa shape index (κ3) is 1.49. The number of rotatable bonds is 1. The van der Waals surface area contributed by atoms with E-state index in [9.17, 15) is 0 Å². The molecule has 0 amide bonds. The summed E-state index contributed by atoms with van der Waals surface area (Å²) in [5.74, 6) is 0. The van der Waals surface area contributed by atoms with Crippen LogP contribution >= 0.6 is 11.3 Å². The Hall–Kier alpha value is -1.08. The number of nitriles is 1. The lowest BCUT2D eigenvalue weighted by molar-refractivity contribution is 1.13. The molecular formula is C7H9N3S. The zero-order chi connectivity index (χ0) is 8.43. The van der Waals surface area contributed by atoms with Crippen LogP contribution in [0, 0.1) is 25.3 Å². The first-order chi connectivity index (χ1) is 5.15. The molecule has 0 saturated heterocycles. The Morgan fingerprint density at radius 2 is 2.18 bits per heavy atom. The van der Waals surface area contributed by atoms with Gasteiger partial charge in [0, 0.05) is 11.9 Å². The molecule has 1 aromatic rings. The maximum atomic E-state index is 8.53. The molecule has 0 spiro atoms. The fourth-order valence-corrected chi connectivity index (χ4v) is 1.47. The summed E-state index contributed by atoms with van der Waals surface area (Å²) in [6.07, 6.45) is 2.00. The van der Waals surface area contributed by atoms with Crippen LogP contribution in [0.25, 0.3) is 0 Å². The van der Waals surface area contributed by atoms with E-state index in [1.807, 2.05) is 20.0 Å². The number of hydrogen-bond acceptors (Lipinski definition) is 4. The normalized spacial score (nSPS) is 9.27. The minimum absolute atomic E-state index is 0.766. The summed E-state index contributed by atoms with van der Waals surface area (Å²) >= 11 is 1.54. The first-order valence-corrected chi connectivity index (χ1v) is 4.04. The summed E-state index contributed by atoms with van der Waals surface area (Å²) in [5.41, 5.74) is 1.01. The van der Waals surface area contributed by atoms with E-state index in [1.54, 1.807) is 7.05 Å². The van der Waals surface area contributed by atoms with Crippen molar-refractivity contribution in [3.8, 4) is 6.19 Å². The molecule has 0 bridgehead atoms. The van der Waals surface area contributed by atoms with Crippen molar-refractivity contribution in [1.29, 1.82) is 5.26 Å². The van der Waals surface area contributed by atoms with Crippen LogP contribution in [-0.4, -0.2) is 12.0 Å². The average Bonchev–Trinajstić information content (AvgIpc) is 2.31. The third-order valence-electron chi connectivity index (χ3n) is 1.45. The average molecular weight is 167 g/mol. The predicted molar refractivity (Wildman–Crippen MR) is 45.6 cm³/mol. The molecule has 11 heavy (non-hydrogen) atoms. The Kier molecular flexibility index (Phi) is 2.11. The van der Waals surface area contributed by atoms with Gasteiger partial charge in [0.25, 0.3) is 0 Å². The van der Waals surface area contributed by atoms with Crippen molar-refractivity contribution in [3.63, 3.8) is 0 Å². The first kappa shape index (κ1) is 8.02. The maximum absolute atomic E-state index is 8.53. The fraction of sp³-hybridized carbons (Fsp3) is 0.429. The van der Waals surface area contributed by atoms with Gasteiger partial charge in [0.2, 0.25) is 0 Å². The van der Waals surface area contributed by atoms with Gasteiger partial charge in [0.05, 0.1) is 5.69 Å². The summed E-state index contributed by atoms with van der Waals surface area (Å²) in [7, 11) is 1.71. The van der Waals surface area contributed by atoms with Crippen LogP contribution in [0.5, 0.6) is 0 Å². The second kappa shape index (κ2) is 2.89. The van der Waals surface area contributed by atoms with Crippen molar-refractivity contribution in [2.75, 3.05) is 11.9 Å². The molecule has 0 radical (unpaired) electrons. The van der Waals surface area contributed by atoms with Gasteiger partial charge in [-0.3, -0.25) is 4.90 Å². The molecule has 58 valence electrons. The molecule has 0 aliphatic heterocycles. The van der Waals surface area contributed by atoms with Crippen LogP contribution in [0.3, 0.4) is 0 Å². The van der Waals surface area contributed by atoms with Gasteiger partial charge in [-0.2, -0.15) is 5.26 Å². The molecule has 0 aliphatic rings. The second-order valence-corrected chi connectivity index (χ2v) is 3.48. The zero-order valence-electron chi connectivity index (χ0n) is 6.75. The molecule has 0 aromatic carbocycles. The molecule has 0 N–H and O–H groups in total. The van der Waals surface area contributed by atoms with Gasteiger partial charge in [0.1, 0.15) is 0 Å². The van der Waals surface area contributed by atoms with E-state index in [2.05, 4.69) is 4.98 Å². The highest BCUT2D eigenvalue weighted by molar-refractivity contribution is 7.15. The van der Waals surface area contributed by atoms with Crippen LogP contribution in [0.1, 0.15) is 10.6 Å². The minimum Gasteiger partial charge on any atom is -0.258 e. The van der Waals surface area contributed by atoms with Crippen molar-refractivity contribution >= 4 is 16.5 Å². The molecule has 0 atom stereocenters. The quantitative estimate of drug-likeness (QED) is 0.472. The van der Waals surface area contributed by atoms with E-state index in [1.165, 1.54) is 21.1 Å². The highest BCUT2D eigenvalue weighted by Gasteiger charge is 2.06. The van der Waals surface area contributed by atoms with Crippen LogP contribution in [0.2, 0.25) is 0 Å². The largest absolute Gasteiger partial charge is 0.258 e. The topological polar surface area (TPSA) is 39.9 Å². The lowest BCUT2D eigenvalue weighted by atomic mass is 10.4. The molecule has 1 heterocycles. The molecular weight excluding hydrogens is 158 g/mol. The van der Waals surface area contributed by atoms with Crippen molar-refractivity contribution in [2.24, 2.45) is 0 Å². The van der Waals surface area contributed by atoms with E-state index in [0.29, 0.717) is 0 Å². The number of aryl methyl sites for hydroxylation is 2. The van der Waals surface area contributed by atoms with Gasteiger partial charge >= 0.3 is 0 Å². The van der Waals surface area contributed by atoms with Crippen LogP contribution < -0.4 is 4.90 Å². The van der Waals surface area contributed by atoms with Crippen LogP contribution in [0.15, 0.2) is 0 Å². The van der Waals surface area contributed by atoms with Gasteiger partial charge in [0.15, 0.2) is 11.3 Å². The van der Waals surface area contributed by atoms with E-state index in [4.69, 9.17) is 5.26 Å². The number of nitrogens with zero attached hydrogens (tertiary/aromatic N) is 3. The highest BCUT2D eigenvalue weighted by Crippen LogP contribution is 2.23. The van der Waals surface area contributed by atoms with Gasteiger partial charge in [-0.1, -0.05) is 0 Å². The molecule has 3 nitrogen and oxygen atoms in total. The van der Waals surface area contributed by atoms with Crippen LogP contribution in [-0.2, 0) is 0 Å². The van der Waals surface area contributed by atoms with Gasteiger partial charge in [-0.05, 0) is 13.8 Å². The molecule has 0 saturated carbocycles. The van der Waals surface area contributed by atoms with Gasteiger partial charge in [-0.15, -0.1) is 11.3 Å². The van der Waals surface area contributed by atoms with Crippen molar-refractivity contribution < 1.29 is 0 Å². The summed E-state index contributed by atoms with van der Waals surface area (Å²) in [6, 6.07) is 0. The number of aromatic nitrogens is 1. The van der Waals surface area contributed by atoms with E-state index >= 15 is 0 Å². The summed E-state index contributed by atoms with van der Waals surface area (Å²) in [4.78, 5) is 6.83. The smallest absolute Gasteiger partial charge is 0.198 e. The maximum Gasteiger partial charge on any atom is 0.198 e. The van der Waals surface area contributed by atoms with Crippen molar-refractivity contribution in [1.82, 2.24) is 4.98 Å². The molecule has 0 aliphatic carbocycles.